The van der Waals surface area contributed by atoms with Crippen LogP contribution in [0.25, 0.3) is 17.4 Å². The number of carbonyl (C=O) groups is 2. The molecule has 0 radical (unpaired) electrons. The molecule has 0 atom stereocenters. The first-order valence-corrected chi connectivity index (χ1v) is 10.8. The minimum absolute atomic E-state index is 0.213. The van der Waals surface area contributed by atoms with Crippen molar-refractivity contribution >= 4 is 57.9 Å². The molecule has 0 unspecified atom stereocenters. The summed E-state index contributed by atoms with van der Waals surface area (Å²) in [5.41, 5.74) is 2.74. The predicted octanol–water partition coefficient (Wildman–Crippen LogP) is 5.34. The Kier molecular flexibility index (Phi) is 5.79. The fourth-order valence-corrected chi connectivity index (χ4v) is 4.68. The van der Waals surface area contributed by atoms with Crippen LogP contribution in [-0.2, 0) is 9.53 Å². The molecule has 1 fully saturated rings. The van der Waals surface area contributed by atoms with Crippen molar-refractivity contribution in [1.82, 2.24) is 4.68 Å². The molecule has 0 saturated carbocycles. The van der Waals surface area contributed by atoms with Crippen molar-refractivity contribution in [1.29, 1.82) is 0 Å². The van der Waals surface area contributed by atoms with Gasteiger partial charge in [0.15, 0.2) is 4.32 Å². The molecule has 0 bridgehead atoms. The second kappa shape index (κ2) is 8.37. The van der Waals surface area contributed by atoms with Crippen LogP contribution in [0.3, 0.4) is 0 Å². The van der Waals surface area contributed by atoms with Gasteiger partial charge in [0.2, 0.25) is 0 Å². The molecule has 0 N–H and O–H groups in total. The fraction of sp³-hybridized carbons (Fsp3) is 0.136. The Morgan fingerprint density at radius 3 is 2.55 bits per heavy atom. The van der Waals surface area contributed by atoms with E-state index in [1.165, 1.54) is 23.9 Å². The third kappa shape index (κ3) is 3.94. The molecule has 1 amide bonds. The van der Waals surface area contributed by atoms with E-state index in [0.29, 0.717) is 31.3 Å². The summed E-state index contributed by atoms with van der Waals surface area (Å²) in [4.78, 5) is 25.4. The fourth-order valence-electron chi connectivity index (χ4n) is 3.27. The summed E-state index contributed by atoms with van der Waals surface area (Å²) in [6.07, 6.45) is 1.66. The Hall–Kier alpha value is -2.81. The van der Waals surface area contributed by atoms with Gasteiger partial charge in [-0.2, -0.15) is 5.01 Å². The summed E-state index contributed by atoms with van der Waals surface area (Å²) in [6.45, 7) is 3.84. The zero-order valence-electron chi connectivity index (χ0n) is 16.8. The normalized spacial score (nSPS) is 15.2. The van der Waals surface area contributed by atoms with Gasteiger partial charge >= 0.3 is 5.97 Å². The molecule has 0 spiro atoms. The van der Waals surface area contributed by atoms with Gasteiger partial charge in [-0.05, 0) is 68.5 Å². The lowest BCUT2D eigenvalue weighted by Crippen LogP contribution is -2.39. The first-order chi connectivity index (χ1) is 14.8. The van der Waals surface area contributed by atoms with E-state index in [9.17, 15) is 9.59 Å². The molecule has 9 heteroatoms. The molecular weight excluding hydrogens is 456 g/mol. The molecule has 0 aliphatic carbocycles. The van der Waals surface area contributed by atoms with Crippen LogP contribution in [0.15, 0.2) is 51.8 Å². The molecule has 1 aliphatic rings. The zero-order chi connectivity index (χ0) is 22.3. The third-order valence-electron chi connectivity index (χ3n) is 4.76. The highest BCUT2D eigenvalue weighted by atomic mass is 35.5. The van der Waals surface area contributed by atoms with Gasteiger partial charge in [0.25, 0.3) is 5.91 Å². The molecule has 31 heavy (non-hydrogen) atoms. The highest BCUT2D eigenvalue weighted by Gasteiger charge is 2.35. The van der Waals surface area contributed by atoms with E-state index in [-0.39, 0.29) is 11.5 Å². The first kappa shape index (κ1) is 21.4. The third-order valence-corrected chi connectivity index (χ3v) is 6.38. The summed E-state index contributed by atoms with van der Waals surface area (Å²) in [5.74, 6) is 0.277. The van der Waals surface area contributed by atoms with Crippen LogP contribution in [-0.4, -0.2) is 28.0 Å². The van der Waals surface area contributed by atoms with Gasteiger partial charge in [0, 0.05) is 23.0 Å². The number of thioether (sulfide) groups is 1. The van der Waals surface area contributed by atoms with Crippen molar-refractivity contribution in [3.8, 4) is 11.3 Å². The highest BCUT2D eigenvalue weighted by Crippen LogP contribution is 2.34. The van der Waals surface area contributed by atoms with Crippen molar-refractivity contribution in [3.63, 3.8) is 0 Å². The molecule has 158 valence electrons. The Balaban J connectivity index is 1.63. The summed E-state index contributed by atoms with van der Waals surface area (Å²) in [6, 6.07) is 12.3. The number of aromatic nitrogens is 1. The summed E-state index contributed by atoms with van der Waals surface area (Å²) in [7, 11) is 1.29. The smallest absolute Gasteiger partial charge is 0.339 e. The van der Waals surface area contributed by atoms with Crippen LogP contribution in [0.4, 0.5) is 0 Å². The number of ether oxygens (including phenoxy) is 1. The van der Waals surface area contributed by atoms with Gasteiger partial charge in [-0.1, -0.05) is 23.4 Å². The number of hydrogen-bond donors (Lipinski definition) is 0. The lowest BCUT2D eigenvalue weighted by molar-refractivity contribution is -0.114. The van der Waals surface area contributed by atoms with Gasteiger partial charge in [-0.3, -0.25) is 9.47 Å². The average Bonchev–Trinajstić information content (AvgIpc) is 3.41. The van der Waals surface area contributed by atoms with Gasteiger partial charge < -0.3 is 9.15 Å². The SMILES string of the molecule is COC(=O)c1cc(-c2ccc(/C=C3/SC(=S)N(n4c(C)ccc4C)C3=O)o2)ccc1Cl. The number of halogens is 1. The number of benzene rings is 1. The maximum Gasteiger partial charge on any atom is 0.339 e. The van der Waals surface area contributed by atoms with E-state index in [2.05, 4.69) is 0 Å². The number of furan rings is 1. The average molecular weight is 473 g/mol. The molecule has 4 rings (SSSR count). The Morgan fingerprint density at radius 2 is 1.87 bits per heavy atom. The molecular formula is C22H17ClN2O4S2. The summed E-state index contributed by atoms with van der Waals surface area (Å²) in [5, 5.41) is 1.78. The van der Waals surface area contributed by atoms with Crippen molar-refractivity contribution in [2.75, 3.05) is 12.1 Å². The number of carbonyl (C=O) groups excluding carboxylic acids is 2. The number of nitrogens with zero attached hydrogens (tertiary/aromatic N) is 2. The predicted molar refractivity (Wildman–Crippen MR) is 126 cm³/mol. The maximum atomic E-state index is 13.0. The minimum atomic E-state index is -0.530. The van der Waals surface area contributed by atoms with Crippen molar-refractivity contribution in [2.45, 2.75) is 13.8 Å². The number of hydrogen-bond acceptors (Lipinski definition) is 6. The Morgan fingerprint density at radius 1 is 1.16 bits per heavy atom. The van der Waals surface area contributed by atoms with Crippen LogP contribution in [0.5, 0.6) is 0 Å². The van der Waals surface area contributed by atoms with E-state index < -0.39 is 5.97 Å². The molecule has 1 aromatic carbocycles. The standard InChI is InChI=1S/C22H17ClN2O4S2/c1-12-4-5-13(2)24(12)25-20(26)19(31-22(25)30)11-15-7-9-18(29-15)14-6-8-17(23)16(10-14)21(27)28-3/h4-11H,1-3H3/b19-11+. The van der Waals surface area contributed by atoms with E-state index in [0.717, 1.165) is 11.4 Å². The van der Waals surface area contributed by atoms with E-state index in [4.69, 9.17) is 33.0 Å². The quantitative estimate of drug-likeness (QED) is 0.290. The summed E-state index contributed by atoms with van der Waals surface area (Å²) >= 11 is 12.7. The number of amides is 1. The van der Waals surface area contributed by atoms with E-state index in [1.54, 1.807) is 41.1 Å². The molecule has 3 heterocycles. The Bertz CT molecular complexity index is 1240. The topological polar surface area (TPSA) is 64.7 Å². The molecule has 6 nitrogen and oxygen atoms in total. The van der Waals surface area contributed by atoms with E-state index in [1.807, 2.05) is 26.0 Å². The molecule has 3 aromatic rings. The first-order valence-electron chi connectivity index (χ1n) is 9.21. The second-order valence-electron chi connectivity index (χ2n) is 6.81. The van der Waals surface area contributed by atoms with Crippen LogP contribution in [0.1, 0.15) is 27.5 Å². The number of methoxy groups -OCH3 is 1. The van der Waals surface area contributed by atoms with E-state index >= 15 is 0 Å². The van der Waals surface area contributed by atoms with Crippen LogP contribution >= 0.6 is 35.6 Å². The van der Waals surface area contributed by atoms with Crippen LogP contribution in [0, 0.1) is 13.8 Å². The maximum absolute atomic E-state index is 13.0. The van der Waals surface area contributed by atoms with Crippen LogP contribution < -0.4 is 5.01 Å². The minimum Gasteiger partial charge on any atom is -0.465 e. The zero-order valence-corrected chi connectivity index (χ0v) is 19.2. The van der Waals surface area contributed by atoms with Crippen molar-refractivity contribution < 1.29 is 18.7 Å². The van der Waals surface area contributed by atoms with Crippen molar-refractivity contribution in [3.05, 3.63) is 75.1 Å². The monoisotopic (exact) mass is 472 g/mol. The van der Waals surface area contributed by atoms with Gasteiger partial charge in [-0.15, -0.1) is 0 Å². The molecule has 1 saturated heterocycles. The van der Waals surface area contributed by atoms with Gasteiger partial charge in [0.05, 0.1) is 22.6 Å². The number of aryl methyl sites for hydroxylation is 2. The highest BCUT2D eigenvalue weighted by molar-refractivity contribution is 8.27. The molecule has 2 aromatic heterocycles. The molecule has 1 aliphatic heterocycles. The number of esters is 1. The van der Waals surface area contributed by atoms with Gasteiger partial charge in [0.1, 0.15) is 11.5 Å². The van der Waals surface area contributed by atoms with Gasteiger partial charge in [-0.25, -0.2) is 4.79 Å². The number of thiocarbonyl (C=S) groups is 1. The summed E-state index contributed by atoms with van der Waals surface area (Å²) < 4.78 is 12.9. The number of rotatable bonds is 4. The lowest BCUT2D eigenvalue weighted by atomic mass is 10.1. The van der Waals surface area contributed by atoms with Crippen LogP contribution in [0.2, 0.25) is 5.02 Å². The second-order valence-corrected chi connectivity index (χ2v) is 8.89. The largest absolute Gasteiger partial charge is 0.465 e. The van der Waals surface area contributed by atoms with Crippen molar-refractivity contribution in [2.24, 2.45) is 0 Å². The Labute approximate surface area is 193 Å². The lowest BCUT2D eigenvalue weighted by Gasteiger charge is -2.20.